The van der Waals surface area contributed by atoms with E-state index in [4.69, 9.17) is 5.73 Å². The number of rotatable bonds is 2. The Balaban J connectivity index is 1.63. The number of nitrogens with two attached hydrogens (primary N) is 1. The predicted molar refractivity (Wildman–Crippen MR) is 79.6 cm³/mol. The van der Waals surface area contributed by atoms with Crippen LogP contribution >= 0.6 is 0 Å². The summed E-state index contributed by atoms with van der Waals surface area (Å²) in [5.74, 6) is 1.88. The molecule has 6 heteroatoms. The van der Waals surface area contributed by atoms with Crippen LogP contribution in [0.15, 0.2) is 0 Å². The van der Waals surface area contributed by atoms with Gasteiger partial charge in [0.15, 0.2) is 0 Å². The lowest BCUT2D eigenvalue weighted by atomic mass is 9.74. The zero-order valence-corrected chi connectivity index (χ0v) is 12.9. The number of aromatic nitrogens is 3. The first kappa shape index (κ1) is 14.5. The smallest absolute Gasteiger partial charge is 0.225 e. The summed E-state index contributed by atoms with van der Waals surface area (Å²) in [6.07, 6.45) is 5.86. The van der Waals surface area contributed by atoms with Crippen LogP contribution in [0, 0.1) is 12.8 Å². The first-order valence-electron chi connectivity index (χ1n) is 7.95. The van der Waals surface area contributed by atoms with E-state index < -0.39 is 0 Å². The molecule has 3 rings (SSSR count). The lowest BCUT2D eigenvalue weighted by Gasteiger charge is -2.38. The molecule has 0 spiro atoms. The summed E-state index contributed by atoms with van der Waals surface area (Å²) < 4.78 is 1.92. The molecule has 1 aliphatic heterocycles. The van der Waals surface area contributed by atoms with E-state index in [1.54, 1.807) is 0 Å². The van der Waals surface area contributed by atoms with Crippen LogP contribution in [0.25, 0.3) is 0 Å². The van der Waals surface area contributed by atoms with Gasteiger partial charge < -0.3 is 11.1 Å². The molecule has 2 aliphatic rings. The molecule has 1 aromatic heterocycles. The van der Waals surface area contributed by atoms with Crippen molar-refractivity contribution in [2.45, 2.75) is 70.5 Å². The highest BCUT2D eigenvalue weighted by Crippen LogP contribution is 2.32. The monoisotopic (exact) mass is 291 g/mol. The van der Waals surface area contributed by atoms with Gasteiger partial charge in [0, 0.05) is 18.0 Å². The third-order valence-corrected chi connectivity index (χ3v) is 4.88. The fourth-order valence-corrected chi connectivity index (χ4v) is 3.64. The number of nitrogens with one attached hydrogen (secondary N) is 1. The molecule has 21 heavy (non-hydrogen) atoms. The van der Waals surface area contributed by atoms with Crippen molar-refractivity contribution in [3.8, 4) is 0 Å². The van der Waals surface area contributed by atoms with Crippen LogP contribution < -0.4 is 11.1 Å². The van der Waals surface area contributed by atoms with Crippen LogP contribution in [0.3, 0.4) is 0 Å². The Morgan fingerprint density at radius 1 is 1.43 bits per heavy atom. The highest BCUT2D eigenvalue weighted by Gasteiger charge is 2.38. The van der Waals surface area contributed by atoms with Gasteiger partial charge in [0.1, 0.15) is 11.6 Å². The number of aryl methyl sites for hydroxylation is 2. The Labute approximate surface area is 125 Å². The van der Waals surface area contributed by atoms with Crippen LogP contribution in [0.4, 0.5) is 0 Å². The van der Waals surface area contributed by atoms with E-state index in [0.717, 1.165) is 56.7 Å². The first-order chi connectivity index (χ1) is 9.95. The third-order valence-electron chi connectivity index (χ3n) is 4.88. The minimum atomic E-state index is -0.369. The van der Waals surface area contributed by atoms with Gasteiger partial charge in [-0.15, -0.1) is 0 Å². The molecule has 1 aromatic rings. The van der Waals surface area contributed by atoms with Gasteiger partial charge in [-0.1, -0.05) is 12.8 Å². The molecule has 2 heterocycles. The maximum atomic E-state index is 12.6. The first-order valence-corrected chi connectivity index (χ1v) is 7.95. The second-order valence-electron chi connectivity index (χ2n) is 6.81. The molecule has 116 valence electrons. The van der Waals surface area contributed by atoms with E-state index in [-0.39, 0.29) is 23.4 Å². The number of carbonyl (C=O) groups excluding carboxylic acids is 1. The van der Waals surface area contributed by atoms with E-state index in [9.17, 15) is 4.79 Å². The Bertz CT molecular complexity index is 536. The van der Waals surface area contributed by atoms with Crippen molar-refractivity contribution in [1.82, 2.24) is 20.1 Å². The van der Waals surface area contributed by atoms with Crippen molar-refractivity contribution in [3.05, 3.63) is 11.6 Å². The summed E-state index contributed by atoms with van der Waals surface area (Å²) in [6, 6.07) is 0.142. The quantitative estimate of drug-likeness (QED) is 0.848. The van der Waals surface area contributed by atoms with Gasteiger partial charge in [-0.3, -0.25) is 4.79 Å². The van der Waals surface area contributed by atoms with Gasteiger partial charge in [-0.25, -0.2) is 9.67 Å². The normalized spacial score (nSPS) is 32.5. The van der Waals surface area contributed by atoms with Crippen LogP contribution in [0.2, 0.25) is 0 Å². The van der Waals surface area contributed by atoms with E-state index in [1.807, 2.05) is 18.5 Å². The van der Waals surface area contributed by atoms with Gasteiger partial charge in [0.25, 0.3) is 0 Å². The molecule has 1 fully saturated rings. The maximum Gasteiger partial charge on any atom is 0.225 e. The highest BCUT2D eigenvalue weighted by atomic mass is 16.2. The summed E-state index contributed by atoms with van der Waals surface area (Å²) in [4.78, 5) is 17.0. The minimum Gasteiger partial charge on any atom is -0.351 e. The number of fused-ring (bicyclic) bond motifs is 1. The number of amides is 1. The largest absolute Gasteiger partial charge is 0.351 e. The summed E-state index contributed by atoms with van der Waals surface area (Å²) in [7, 11) is 0. The topological polar surface area (TPSA) is 85.8 Å². The molecular weight excluding hydrogens is 266 g/mol. The Hall–Kier alpha value is -1.43. The third kappa shape index (κ3) is 2.95. The predicted octanol–water partition coefficient (Wildman–Crippen LogP) is 0.925. The summed E-state index contributed by atoms with van der Waals surface area (Å²) in [5, 5.41) is 7.57. The van der Waals surface area contributed by atoms with Crippen molar-refractivity contribution >= 4 is 5.91 Å². The Morgan fingerprint density at radius 2 is 2.24 bits per heavy atom. The van der Waals surface area contributed by atoms with Gasteiger partial charge in [-0.05, 0) is 33.1 Å². The average molecular weight is 291 g/mol. The molecule has 1 aliphatic carbocycles. The molecule has 0 radical (unpaired) electrons. The van der Waals surface area contributed by atoms with Gasteiger partial charge in [0.2, 0.25) is 5.91 Å². The lowest BCUT2D eigenvalue weighted by molar-refractivity contribution is -0.129. The molecule has 1 amide bonds. The van der Waals surface area contributed by atoms with Crippen molar-refractivity contribution in [1.29, 1.82) is 0 Å². The fourth-order valence-electron chi connectivity index (χ4n) is 3.64. The van der Waals surface area contributed by atoms with Crippen molar-refractivity contribution in [3.63, 3.8) is 0 Å². The fraction of sp³-hybridized carbons (Fsp3) is 0.800. The second-order valence-corrected chi connectivity index (χ2v) is 6.81. The Morgan fingerprint density at radius 3 is 3.00 bits per heavy atom. The summed E-state index contributed by atoms with van der Waals surface area (Å²) >= 11 is 0. The molecule has 3 unspecified atom stereocenters. The van der Waals surface area contributed by atoms with Crippen LogP contribution in [-0.4, -0.2) is 32.3 Å². The lowest BCUT2D eigenvalue weighted by Crippen LogP contribution is -2.55. The second kappa shape index (κ2) is 5.40. The number of hydrogen-bond donors (Lipinski definition) is 2. The van der Waals surface area contributed by atoms with Crippen LogP contribution in [-0.2, 0) is 17.8 Å². The Kier molecular flexibility index (Phi) is 3.73. The molecule has 0 bridgehead atoms. The summed E-state index contributed by atoms with van der Waals surface area (Å²) in [6.45, 7) is 4.63. The molecule has 3 atom stereocenters. The van der Waals surface area contributed by atoms with Gasteiger partial charge in [-0.2, -0.15) is 5.10 Å². The molecule has 1 saturated carbocycles. The minimum absolute atomic E-state index is 0.0647. The molecule has 6 nitrogen and oxygen atoms in total. The number of nitrogens with zero attached hydrogens (tertiary/aromatic N) is 3. The van der Waals surface area contributed by atoms with E-state index in [1.165, 1.54) is 0 Å². The molecule has 3 N–H and O–H groups in total. The molecular formula is C15H25N5O. The number of hydrogen-bond acceptors (Lipinski definition) is 4. The molecule has 0 saturated heterocycles. The standard InChI is InChI=1S/C15H25N5O/c1-10-17-13-7-6-11(9-20(13)19-10)18-14(21)12-5-3-4-8-15(12,2)16/h11-12H,3-9,16H2,1-2H3,(H,18,21). The zero-order valence-electron chi connectivity index (χ0n) is 12.9. The van der Waals surface area contributed by atoms with E-state index >= 15 is 0 Å². The summed E-state index contributed by atoms with van der Waals surface area (Å²) in [5.41, 5.74) is 5.95. The zero-order chi connectivity index (χ0) is 15.0. The molecule has 0 aromatic carbocycles. The van der Waals surface area contributed by atoms with Gasteiger partial charge in [0.05, 0.1) is 12.5 Å². The number of carbonyl (C=O) groups is 1. The average Bonchev–Trinajstić information content (AvgIpc) is 2.77. The van der Waals surface area contributed by atoms with Gasteiger partial charge >= 0.3 is 0 Å². The maximum absolute atomic E-state index is 12.6. The van der Waals surface area contributed by atoms with Crippen LogP contribution in [0.5, 0.6) is 0 Å². The van der Waals surface area contributed by atoms with E-state index in [0.29, 0.717) is 0 Å². The van der Waals surface area contributed by atoms with Crippen molar-refractivity contribution < 1.29 is 4.79 Å². The van der Waals surface area contributed by atoms with Crippen molar-refractivity contribution in [2.75, 3.05) is 0 Å². The highest BCUT2D eigenvalue weighted by molar-refractivity contribution is 5.80. The SMILES string of the molecule is Cc1nc2n(n1)CC(NC(=O)C1CCCCC1(C)N)CC2. The van der Waals surface area contributed by atoms with E-state index in [2.05, 4.69) is 15.4 Å². The van der Waals surface area contributed by atoms with Crippen molar-refractivity contribution in [2.24, 2.45) is 11.7 Å². The van der Waals surface area contributed by atoms with Crippen LogP contribution in [0.1, 0.15) is 50.7 Å².